The van der Waals surface area contributed by atoms with E-state index >= 15 is 0 Å². The number of nitrogens with one attached hydrogen (secondary N) is 1. The Balaban J connectivity index is 2.04. The smallest absolute Gasteiger partial charge is 0.303 e. The van der Waals surface area contributed by atoms with Crippen LogP contribution in [-0.2, 0) is 11.8 Å². The van der Waals surface area contributed by atoms with Gasteiger partial charge in [0.15, 0.2) is 0 Å². The second kappa shape index (κ2) is 6.21. The molecular weight excluding hydrogens is 270 g/mol. The first-order valence-corrected chi connectivity index (χ1v) is 6.57. The van der Waals surface area contributed by atoms with Crippen molar-refractivity contribution >= 4 is 17.6 Å². The highest BCUT2D eigenvalue weighted by atomic mass is 16.4. The molecule has 1 amide bonds. The van der Waals surface area contributed by atoms with Gasteiger partial charge in [0, 0.05) is 12.7 Å². The number of carboxylic acids is 1. The maximum Gasteiger partial charge on any atom is 0.303 e. The Morgan fingerprint density at radius 3 is 2.52 bits per heavy atom. The zero-order valence-corrected chi connectivity index (χ0v) is 11.9. The predicted octanol–water partition coefficient (Wildman–Crippen LogP) is 2.25. The standard InChI is InChI=1S/C15H17N3O3/c1-10(7-14(19)20)11-3-5-12(6-4-11)17-15(21)13-8-16-9-18(13)2/h3-6,8-10H,7H2,1-2H3,(H,17,21)(H,19,20). The minimum Gasteiger partial charge on any atom is -0.481 e. The normalized spacial score (nSPS) is 11.9. The average molecular weight is 287 g/mol. The van der Waals surface area contributed by atoms with E-state index in [1.807, 2.05) is 19.1 Å². The van der Waals surface area contributed by atoms with Gasteiger partial charge < -0.3 is 15.0 Å². The van der Waals surface area contributed by atoms with Gasteiger partial charge in [-0.15, -0.1) is 0 Å². The summed E-state index contributed by atoms with van der Waals surface area (Å²) in [4.78, 5) is 26.6. The van der Waals surface area contributed by atoms with E-state index in [1.54, 1.807) is 30.1 Å². The van der Waals surface area contributed by atoms with Crippen molar-refractivity contribution in [3.05, 3.63) is 48.0 Å². The summed E-state index contributed by atoms with van der Waals surface area (Å²) in [5.74, 6) is -1.12. The number of aryl methyl sites for hydroxylation is 1. The molecule has 0 saturated heterocycles. The van der Waals surface area contributed by atoms with Crippen molar-refractivity contribution in [2.75, 3.05) is 5.32 Å². The van der Waals surface area contributed by atoms with Crippen molar-refractivity contribution in [2.24, 2.45) is 7.05 Å². The highest BCUT2D eigenvalue weighted by molar-refractivity contribution is 6.02. The Hall–Kier alpha value is -2.63. The van der Waals surface area contributed by atoms with E-state index < -0.39 is 5.97 Å². The zero-order valence-electron chi connectivity index (χ0n) is 11.9. The molecule has 0 aliphatic heterocycles. The van der Waals surface area contributed by atoms with Crippen molar-refractivity contribution in [2.45, 2.75) is 19.3 Å². The van der Waals surface area contributed by atoms with Gasteiger partial charge in [0.25, 0.3) is 5.91 Å². The van der Waals surface area contributed by atoms with Gasteiger partial charge in [-0.05, 0) is 23.6 Å². The number of imidazole rings is 1. The molecular formula is C15H17N3O3. The third kappa shape index (κ3) is 3.68. The van der Waals surface area contributed by atoms with Crippen LogP contribution in [0, 0.1) is 0 Å². The van der Waals surface area contributed by atoms with Gasteiger partial charge in [-0.3, -0.25) is 9.59 Å². The lowest BCUT2D eigenvalue weighted by Crippen LogP contribution is -2.15. The molecule has 0 fully saturated rings. The summed E-state index contributed by atoms with van der Waals surface area (Å²) in [6.07, 6.45) is 3.14. The molecule has 0 spiro atoms. The van der Waals surface area contributed by atoms with Gasteiger partial charge in [-0.1, -0.05) is 19.1 Å². The fraction of sp³-hybridized carbons (Fsp3) is 0.267. The molecule has 2 aromatic rings. The number of benzene rings is 1. The molecule has 1 aromatic carbocycles. The van der Waals surface area contributed by atoms with Crippen LogP contribution in [0.2, 0.25) is 0 Å². The Labute approximate surface area is 122 Å². The van der Waals surface area contributed by atoms with E-state index in [0.717, 1.165) is 5.56 Å². The minimum atomic E-state index is -0.823. The van der Waals surface area contributed by atoms with Crippen molar-refractivity contribution in [3.63, 3.8) is 0 Å². The third-order valence-corrected chi connectivity index (χ3v) is 3.27. The minimum absolute atomic E-state index is 0.0654. The highest BCUT2D eigenvalue weighted by Gasteiger charge is 2.12. The molecule has 0 aliphatic rings. The van der Waals surface area contributed by atoms with Gasteiger partial charge in [0.2, 0.25) is 0 Å². The molecule has 1 atom stereocenters. The summed E-state index contributed by atoms with van der Waals surface area (Å²) in [6, 6.07) is 7.18. The average Bonchev–Trinajstić information content (AvgIpc) is 2.85. The number of hydrogen-bond donors (Lipinski definition) is 2. The maximum atomic E-state index is 12.0. The molecule has 0 saturated carbocycles. The molecule has 110 valence electrons. The van der Waals surface area contributed by atoms with Gasteiger partial charge in [-0.25, -0.2) is 4.98 Å². The monoisotopic (exact) mass is 287 g/mol. The second-order valence-corrected chi connectivity index (χ2v) is 4.96. The van der Waals surface area contributed by atoms with Crippen LogP contribution in [0.3, 0.4) is 0 Å². The SMILES string of the molecule is CC(CC(=O)O)c1ccc(NC(=O)c2cncn2C)cc1. The number of carbonyl (C=O) groups excluding carboxylic acids is 1. The van der Waals surface area contributed by atoms with Crippen molar-refractivity contribution in [1.29, 1.82) is 0 Å². The lowest BCUT2D eigenvalue weighted by molar-refractivity contribution is -0.137. The predicted molar refractivity (Wildman–Crippen MR) is 78.3 cm³/mol. The Morgan fingerprint density at radius 2 is 2.00 bits per heavy atom. The third-order valence-electron chi connectivity index (χ3n) is 3.27. The van der Waals surface area contributed by atoms with E-state index in [4.69, 9.17) is 5.11 Å². The topological polar surface area (TPSA) is 84.2 Å². The molecule has 2 N–H and O–H groups in total. The number of hydrogen-bond acceptors (Lipinski definition) is 3. The van der Waals surface area contributed by atoms with Crippen LogP contribution in [-0.4, -0.2) is 26.5 Å². The van der Waals surface area contributed by atoms with Gasteiger partial charge in [-0.2, -0.15) is 0 Å². The molecule has 1 unspecified atom stereocenters. The lowest BCUT2D eigenvalue weighted by atomic mass is 9.98. The molecule has 1 heterocycles. The van der Waals surface area contributed by atoms with Gasteiger partial charge in [0.1, 0.15) is 5.69 Å². The number of rotatable bonds is 5. The van der Waals surface area contributed by atoms with E-state index in [-0.39, 0.29) is 18.2 Å². The first-order chi connectivity index (χ1) is 9.97. The van der Waals surface area contributed by atoms with Gasteiger partial charge in [0.05, 0.1) is 18.9 Å². The molecule has 0 radical (unpaired) electrons. The first kappa shape index (κ1) is 14.8. The maximum absolute atomic E-state index is 12.0. The fourth-order valence-electron chi connectivity index (χ4n) is 2.05. The van der Waals surface area contributed by atoms with E-state index in [9.17, 15) is 9.59 Å². The van der Waals surface area contributed by atoms with E-state index in [0.29, 0.717) is 11.4 Å². The highest BCUT2D eigenvalue weighted by Crippen LogP contribution is 2.21. The molecule has 0 aliphatic carbocycles. The number of amides is 1. The summed E-state index contributed by atoms with van der Waals surface area (Å²) in [6.45, 7) is 1.86. The number of aliphatic carboxylic acids is 1. The van der Waals surface area contributed by atoms with Crippen LogP contribution in [0.1, 0.15) is 35.3 Å². The van der Waals surface area contributed by atoms with Crippen LogP contribution in [0.4, 0.5) is 5.69 Å². The van der Waals surface area contributed by atoms with Crippen LogP contribution in [0.25, 0.3) is 0 Å². The van der Waals surface area contributed by atoms with E-state index in [2.05, 4.69) is 10.3 Å². The molecule has 2 rings (SSSR count). The summed E-state index contributed by atoms with van der Waals surface area (Å²) < 4.78 is 1.64. The number of anilines is 1. The van der Waals surface area contributed by atoms with Crippen molar-refractivity contribution in [1.82, 2.24) is 9.55 Å². The lowest BCUT2D eigenvalue weighted by Gasteiger charge is -2.10. The summed E-state index contributed by atoms with van der Waals surface area (Å²) >= 11 is 0. The number of nitrogens with zero attached hydrogens (tertiary/aromatic N) is 2. The molecule has 21 heavy (non-hydrogen) atoms. The quantitative estimate of drug-likeness (QED) is 0.883. The first-order valence-electron chi connectivity index (χ1n) is 6.57. The molecule has 1 aromatic heterocycles. The Morgan fingerprint density at radius 1 is 1.33 bits per heavy atom. The number of carboxylic acid groups (broad SMARTS) is 1. The molecule has 0 bridgehead atoms. The van der Waals surface area contributed by atoms with Crippen molar-refractivity contribution in [3.8, 4) is 0 Å². The van der Waals surface area contributed by atoms with Gasteiger partial charge >= 0.3 is 5.97 Å². The summed E-state index contributed by atoms with van der Waals surface area (Å²) in [5, 5.41) is 11.6. The number of aromatic nitrogens is 2. The zero-order chi connectivity index (χ0) is 15.4. The molecule has 6 heteroatoms. The van der Waals surface area contributed by atoms with Crippen LogP contribution in [0.5, 0.6) is 0 Å². The Kier molecular flexibility index (Phi) is 4.37. The Bertz CT molecular complexity index is 646. The molecule has 6 nitrogen and oxygen atoms in total. The number of carbonyl (C=O) groups is 2. The summed E-state index contributed by atoms with van der Waals surface area (Å²) in [7, 11) is 1.75. The second-order valence-electron chi connectivity index (χ2n) is 4.96. The largest absolute Gasteiger partial charge is 0.481 e. The van der Waals surface area contributed by atoms with Crippen molar-refractivity contribution < 1.29 is 14.7 Å². The fourth-order valence-corrected chi connectivity index (χ4v) is 2.05. The van der Waals surface area contributed by atoms with Crippen LogP contribution < -0.4 is 5.32 Å². The summed E-state index contributed by atoms with van der Waals surface area (Å²) in [5.41, 5.74) is 2.06. The van der Waals surface area contributed by atoms with E-state index in [1.165, 1.54) is 6.20 Å². The van der Waals surface area contributed by atoms with Crippen LogP contribution in [0.15, 0.2) is 36.8 Å². The van der Waals surface area contributed by atoms with Crippen LogP contribution >= 0.6 is 0 Å².